The van der Waals surface area contributed by atoms with Gasteiger partial charge in [0.15, 0.2) is 0 Å². The molecule has 3 heteroatoms. The van der Waals surface area contributed by atoms with Gasteiger partial charge in [0.25, 0.3) is 0 Å². The van der Waals surface area contributed by atoms with E-state index in [9.17, 15) is 4.79 Å². The van der Waals surface area contributed by atoms with E-state index < -0.39 is 5.97 Å². The van der Waals surface area contributed by atoms with E-state index in [1.807, 2.05) is 0 Å². The van der Waals surface area contributed by atoms with E-state index in [1.165, 1.54) is 25.7 Å². The van der Waals surface area contributed by atoms with E-state index in [1.54, 1.807) is 0 Å². The fourth-order valence-corrected chi connectivity index (χ4v) is 2.61. The minimum absolute atomic E-state index is 0.342. The lowest BCUT2D eigenvalue weighted by Crippen LogP contribution is -2.39. The largest absolute Gasteiger partial charge is 0.481 e. The van der Waals surface area contributed by atoms with Gasteiger partial charge in [-0.1, -0.05) is 13.3 Å². The number of rotatable bonds is 6. The lowest BCUT2D eigenvalue weighted by Gasteiger charge is -2.36. The predicted molar refractivity (Wildman–Crippen MR) is 65.5 cm³/mol. The predicted octanol–water partition coefficient (Wildman–Crippen LogP) is 2.75. The Hall–Kier alpha value is -0.570. The van der Waals surface area contributed by atoms with Crippen LogP contribution in [0.15, 0.2) is 0 Å². The molecule has 1 rings (SSSR count). The summed E-state index contributed by atoms with van der Waals surface area (Å²) in [6.45, 7) is 6.86. The van der Waals surface area contributed by atoms with E-state index >= 15 is 0 Å². The van der Waals surface area contributed by atoms with Crippen molar-refractivity contribution >= 4 is 5.97 Å². The molecule has 0 amide bonds. The zero-order valence-electron chi connectivity index (χ0n) is 10.6. The van der Waals surface area contributed by atoms with Gasteiger partial charge in [-0.3, -0.25) is 4.79 Å². The lowest BCUT2D eigenvalue weighted by molar-refractivity contribution is -0.137. The van der Waals surface area contributed by atoms with Gasteiger partial charge in [-0.2, -0.15) is 0 Å². The van der Waals surface area contributed by atoms with Crippen LogP contribution in [0.2, 0.25) is 0 Å². The average molecular weight is 227 g/mol. The van der Waals surface area contributed by atoms with Crippen LogP contribution in [0.25, 0.3) is 0 Å². The Bertz CT molecular complexity index is 210. The van der Waals surface area contributed by atoms with Crippen LogP contribution in [0, 0.1) is 5.92 Å². The van der Waals surface area contributed by atoms with E-state index in [-0.39, 0.29) is 0 Å². The maximum absolute atomic E-state index is 10.5. The highest BCUT2D eigenvalue weighted by Gasteiger charge is 2.22. The second-order valence-corrected chi connectivity index (χ2v) is 5.05. The van der Waals surface area contributed by atoms with Gasteiger partial charge in [0.1, 0.15) is 0 Å². The van der Waals surface area contributed by atoms with E-state index in [0.717, 1.165) is 19.5 Å². The molecular weight excluding hydrogens is 202 g/mol. The molecule has 1 heterocycles. The van der Waals surface area contributed by atoms with Crippen molar-refractivity contribution in [2.24, 2.45) is 5.92 Å². The zero-order chi connectivity index (χ0) is 12.0. The molecule has 0 spiro atoms. The molecule has 0 saturated carbocycles. The Kier molecular flexibility index (Phi) is 5.81. The highest BCUT2D eigenvalue weighted by Crippen LogP contribution is 2.23. The maximum atomic E-state index is 10.5. The summed E-state index contributed by atoms with van der Waals surface area (Å²) in [7, 11) is 0. The Morgan fingerprint density at radius 2 is 2.06 bits per heavy atom. The van der Waals surface area contributed by atoms with Crippen molar-refractivity contribution in [2.45, 2.75) is 58.4 Å². The normalized spacial score (nSPS) is 20.9. The number of carbonyl (C=O) groups is 1. The monoisotopic (exact) mass is 227 g/mol. The number of piperidine rings is 1. The van der Waals surface area contributed by atoms with Crippen LogP contribution in [0.3, 0.4) is 0 Å². The molecule has 1 atom stereocenters. The van der Waals surface area contributed by atoms with Gasteiger partial charge in [-0.25, -0.2) is 0 Å². The second kappa shape index (κ2) is 6.89. The van der Waals surface area contributed by atoms with Crippen molar-refractivity contribution in [3.8, 4) is 0 Å². The third-order valence-corrected chi connectivity index (χ3v) is 3.75. The number of aliphatic carboxylic acids is 1. The van der Waals surface area contributed by atoms with Crippen molar-refractivity contribution in [3.63, 3.8) is 0 Å². The van der Waals surface area contributed by atoms with Crippen molar-refractivity contribution in [2.75, 3.05) is 13.1 Å². The smallest absolute Gasteiger partial charge is 0.303 e. The molecule has 1 N–H and O–H groups in total. The van der Waals surface area contributed by atoms with Crippen LogP contribution in [-0.2, 0) is 4.79 Å². The number of hydrogen-bond acceptors (Lipinski definition) is 2. The molecule has 0 radical (unpaired) electrons. The average Bonchev–Trinajstić information content (AvgIpc) is 2.27. The maximum Gasteiger partial charge on any atom is 0.303 e. The minimum Gasteiger partial charge on any atom is -0.481 e. The van der Waals surface area contributed by atoms with Crippen LogP contribution in [0.4, 0.5) is 0 Å². The first kappa shape index (κ1) is 13.5. The second-order valence-electron chi connectivity index (χ2n) is 5.05. The highest BCUT2D eigenvalue weighted by molar-refractivity contribution is 5.66. The van der Waals surface area contributed by atoms with Crippen molar-refractivity contribution < 1.29 is 9.90 Å². The summed E-state index contributed by atoms with van der Waals surface area (Å²) < 4.78 is 0. The molecule has 0 aromatic carbocycles. The van der Waals surface area contributed by atoms with E-state index in [2.05, 4.69) is 18.7 Å². The molecular formula is C13H25NO2. The van der Waals surface area contributed by atoms with Gasteiger partial charge in [0, 0.05) is 12.5 Å². The Labute approximate surface area is 98.8 Å². The summed E-state index contributed by atoms with van der Waals surface area (Å²) in [4.78, 5) is 13.0. The first-order valence-corrected chi connectivity index (χ1v) is 6.59. The number of carboxylic acids is 1. The van der Waals surface area contributed by atoms with Gasteiger partial charge in [0.05, 0.1) is 0 Å². The number of hydrogen-bond donors (Lipinski definition) is 1. The van der Waals surface area contributed by atoms with Gasteiger partial charge in [-0.05, 0) is 51.6 Å². The topological polar surface area (TPSA) is 40.5 Å². The van der Waals surface area contributed by atoms with Gasteiger partial charge >= 0.3 is 5.97 Å². The van der Waals surface area contributed by atoms with Crippen molar-refractivity contribution in [1.29, 1.82) is 0 Å². The van der Waals surface area contributed by atoms with Crippen LogP contribution in [0.1, 0.15) is 52.4 Å². The third kappa shape index (κ3) is 4.52. The molecule has 1 fully saturated rings. The SMILES string of the molecule is CCCC(C)N1CCC(CCC(=O)O)CC1. The molecule has 94 valence electrons. The summed E-state index contributed by atoms with van der Waals surface area (Å²) in [5, 5.41) is 8.64. The fraction of sp³-hybridized carbons (Fsp3) is 0.923. The molecule has 1 unspecified atom stereocenters. The first-order valence-electron chi connectivity index (χ1n) is 6.59. The molecule has 1 aliphatic heterocycles. The summed E-state index contributed by atoms with van der Waals surface area (Å²) in [5.41, 5.74) is 0. The molecule has 1 aliphatic rings. The number of nitrogens with zero attached hydrogens (tertiary/aromatic N) is 1. The molecule has 0 aromatic heterocycles. The quantitative estimate of drug-likeness (QED) is 0.758. The van der Waals surface area contributed by atoms with Crippen LogP contribution < -0.4 is 0 Å². The molecule has 0 aliphatic carbocycles. The fourth-order valence-electron chi connectivity index (χ4n) is 2.61. The summed E-state index contributed by atoms with van der Waals surface area (Å²) in [6.07, 6.45) is 6.10. The summed E-state index contributed by atoms with van der Waals surface area (Å²) in [6, 6.07) is 0.699. The Morgan fingerprint density at radius 1 is 1.44 bits per heavy atom. The van der Waals surface area contributed by atoms with Crippen LogP contribution in [-0.4, -0.2) is 35.1 Å². The van der Waals surface area contributed by atoms with Gasteiger partial charge in [0.2, 0.25) is 0 Å². The van der Waals surface area contributed by atoms with Crippen LogP contribution >= 0.6 is 0 Å². The molecule has 0 aromatic rings. The van der Waals surface area contributed by atoms with Gasteiger partial charge in [-0.15, -0.1) is 0 Å². The highest BCUT2D eigenvalue weighted by atomic mass is 16.4. The standard InChI is InChI=1S/C13H25NO2/c1-3-4-11(2)14-9-7-12(8-10-14)5-6-13(15)16/h11-12H,3-10H2,1-2H3,(H,15,16). The summed E-state index contributed by atoms with van der Waals surface area (Å²) >= 11 is 0. The van der Waals surface area contributed by atoms with Crippen molar-refractivity contribution in [1.82, 2.24) is 4.90 Å². The molecule has 16 heavy (non-hydrogen) atoms. The Morgan fingerprint density at radius 3 is 2.56 bits per heavy atom. The molecule has 1 saturated heterocycles. The van der Waals surface area contributed by atoms with Crippen LogP contribution in [0.5, 0.6) is 0 Å². The van der Waals surface area contributed by atoms with E-state index in [0.29, 0.717) is 18.4 Å². The van der Waals surface area contributed by atoms with Crippen molar-refractivity contribution in [3.05, 3.63) is 0 Å². The third-order valence-electron chi connectivity index (χ3n) is 3.75. The minimum atomic E-state index is -0.651. The van der Waals surface area contributed by atoms with E-state index in [4.69, 9.17) is 5.11 Å². The zero-order valence-corrected chi connectivity index (χ0v) is 10.6. The lowest BCUT2D eigenvalue weighted by atomic mass is 9.91. The number of likely N-dealkylation sites (tertiary alicyclic amines) is 1. The van der Waals surface area contributed by atoms with Gasteiger partial charge < -0.3 is 10.0 Å². The summed E-state index contributed by atoms with van der Waals surface area (Å²) in [5.74, 6) is -0.0112. The Balaban J connectivity index is 2.20. The molecule has 3 nitrogen and oxygen atoms in total. The number of carboxylic acid groups (broad SMARTS) is 1. The molecule has 0 bridgehead atoms. The first-order chi connectivity index (χ1) is 7.63.